The van der Waals surface area contributed by atoms with Crippen molar-refractivity contribution in [2.75, 3.05) is 33.3 Å². The SMILES string of the molecule is CCOC(=O)C1(C2CCCCC2)CCN(C(=O)[C@@H](Cc2ccc(F)cc2)NC(=O)[C@@H]2C[C@@H]3C[C@H]2N(C)C3)CC1. The van der Waals surface area contributed by atoms with Gasteiger partial charge in [0.2, 0.25) is 11.8 Å². The predicted molar refractivity (Wildman–Crippen MR) is 146 cm³/mol. The zero-order chi connectivity index (χ0) is 27.6. The Morgan fingerprint density at radius 3 is 2.38 bits per heavy atom. The number of halogens is 1. The maximum absolute atomic E-state index is 13.9. The van der Waals surface area contributed by atoms with Crippen LogP contribution in [-0.4, -0.2) is 73.0 Å². The highest BCUT2D eigenvalue weighted by molar-refractivity contribution is 5.89. The topological polar surface area (TPSA) is 79.0 Å². The van der Waals surface area contributed by atoms with Crippen molar-refractivity contribution in [3.63, 3.8) is 0 Å². The third kappa shape index (κ3) is 5.86. The first-order chi connectivity index (χ1) is 18.8. The van der Waals surface area contributed by atoms with Gasteiger partial charge in [0, 0.05) is 32.1 Å². The van der Waals surface area contributed by atoms with Crippen LogP contribution in [-0.2, 0) is 25.5 Å². The molecule has 0 spiro atoms. The predicted octanol–water partition coefficient (Wildman–Crippen LogP) is 3.95. The van der Waals surface area contributed by atoms with E-state index in [1.807, 2.05) is 11.8 Å². The largest absolute Gasteiger partial charge is 0.466 e. The summed E-state index contributed by atoms with van der Waals surface area (Å²) in [5, 5.41) is 3.11. The molecule has 2 heterocycles. The molecule has 7 nitrogen and oxygen atoms in total. The van der Waals surface area contributed by atoms with E-state index in [9.17, 15) is 18.8 Å². The van der Waals surface area contributed by atoms with Crippen molar-refractivity contribution in [2.24, 2.45) is 23.2 Å². The average molecular weight is 542 g/mol. The number of fused-ring (bicyclic) bond motifs is 2. The molecular formula is C31H44FN3O4. The minimum atomic E-state index is -0.725. The van der Waals surface area contributed by atoms with Crippen LogP contribution in [0.3, 0.4) is 0 Å². The van der Waals surface area contributed by atoms with Crippen LogP contribution in [0.5, 0.6) is 0 Å². The van der Waals surface area contributed by atoms with Crippen LogP contribution in [0.1, 0.15) is 70.3 Å². The molecule has 2 saturated heterocycles. The van der Waals surface area contributed by atoms with Gasteiger partial charge in [-0.2, -0.15) is 0 Å². The van der Waals surface area contributed by atoms with Crippen molar-refractivity contribution in [3.8, 4) is 0 Å². The third-order valence-electron chi connectivity index (χ3n) is 10.1. The van der Waals surface area contributed by atoms with E-state index in [1.165, 1.54) is 18.6 Å². The molecule has 2 bridgehead atoms. The molecule has 8 heteroatoms. The second-order valence-corrected chi connectivity index (χ2v) is 12.4. The van der Waals surface area contributed by atoms with Gasteiger partial charge in [-0.3, -0.25) is 14.4 Å². The van der Waals surface area contributed by atoms with Gasteiger partial charge in [-0.15, -0.1) is 0 Å². The Bertz CT molecular complexity index is 1030. The Morgan fingerprint density at radius 1 is 1.08 bits per heavy atom. The first-order valence-corrected chi connectivity index (χ1v) is 15.0. The smallest absolute Gasteiger partial charge is 0.312 e. The molecule has 4 atom stereocenters. The summed E-state index contributed by atoms with van der Waals surface area (Å²) in [6.45, 7) is 4.19. The van der Waals surface area contributed by atoms with Crippen molar-refractivity contribution in [1.82, 2.24) is 15.1 Å². The van der Waals surface area contributed by atoms with E-state index in [1.54, 1.807) is 12.1 Å². The number of hydrogen-bond acceptors (Lipinski definition) is 5. The lowest BCUT2D eigenvalue weighted by Crippen LogP contribution is -2.57. The highest BCUT2D eigenvalue weighted by Crippen LogP contribution is 2.47. The summed E-state index contributed by atoms with van der Waals surface area (Å²) < 4.78 is 19.1. The van der Waals surface area contributed by atoms with Gasteiger partial charge in [-0.1, -0.05) is 31.4 Å². The van der Waals surface area contributed by atoms with E-state index < -0.39 is 11.5 Å². The molecule has 4 fully saturated rings. The summed E-state index contributed by atoms with van der Waals surface area (Å²) in [6.07, 6.45) is 8.96. The van der Waals surface area contributed by atoms with Crippen molar-refractivity contribution >= 4 is 17.8 Å². The molecule has 2 saturated carbocycles. The fraction of sp³-hybridized carbons (Fsp3) is 0.710. The summed E-state index contributed by atoms with van der Waals surface area (Å²) in [5.74, 6) is 0.110. The van der Waals surface area contributed by atoms with Crippen molar-refractivity contribution in [3.05, 3.63) is 35.6 Å². The van der Waals surface area contributed by atoms with Crippen molar-refractivity contribution in [1.29, 1.82) is 0 Å². The van der Waals surface area contributed by atoms with Gasteiger partial charge in [0.1, 0.15) is 11.9 Å². The second-order valence-electron chi connectivity index (χ2n) is 12.4. The number of nitrogens with zero attached hydrogens (tertiary/aromatic N) is 2. The van der Waals surface area contributed by atoms with Gasteiger partial charge in [-0.25, -0.2) is 4.39 Å². The minimum Gasteiger partial charge on any atom is -0.466 e. The molecule has 0 aromatic heterocycles. The molecule has 39 heavy (non-hydrogen) atoms. The Labute approximate surface area is 231 Å². The van der Waals surface area contributed by atoms with Crippen LogP contribution in [0.4, 0.5) is 4.39 Å². The number of benzene rings is 1. The molecule has 2 aliphatic carbocycles. The lowest BCUT2D eigenvalue weighted by Gasteiger charge is -2.46. The normalized spacial score (nSPS) is 27.8. The fourth-order valence-corrected chi connectivity index (χ4v) is 7.97. The number of carbonyl (C=O) groups excluding carboxylic acids is 3. The summed E-state index contributed by atoms with van der Waals surface area (Å²) >= 11 is 0. The second kappa shape index (κ2) is 11.9. The number of ether oxygens (including phenoxy) is 1. The highest BCUT2D eigenvalue weighted by atomic mass is 19.1. The number of carbonyl (C=O) groups is 3. The molecule has 2 amide bonds. The third-order valence-corrected chi connectivity index (χ3v) is 10.1. The molecule has 1 aromatic carbocycles. The van der Waals surface area contributed by atoms with Crippen LogP contribution in [0.2, 0.25) is 0 Å². The Kier molecular flexibility index (Phi) is 8.60. The molecule has 0 unspecified atom stereocenters. The van der Waals surface area contributed by atoms with Gasteiger partial charge in [0.25, 0.3) is 0 Å². The Morgan fingerprint density at radius 2 is 1.77 bits per heavy atom. The number of amides is 2. The summed E-state index contributed by atoms with van der Waals surface area (Å²) in [7, 11) is 2.07. The first-order valence-electron chi connectivity index (χ1n) is 15.0. The quantitative estimate of drug-likeness (QED) is 0.505. The standard InChI is InChI=1S/C31H44FN3O4/c1-3-39-30(38)31(23-7-5-4-6-8-23)13-15-35(16-14-31)29(37)26(18-21-9-11-24(32)12-10-21)33-28(36)25-17-22-19-27(25)34(2)20-22/h9-12,22-23,25-27H,3-8,13-20H2,1-2H3,(H,33,36)/t22-,25-,26-,27-/m1/s1. The van der Waals surface area contributed by atoms with Crippen LogP contribution < -0.4 is 5.32 Å². The van der Waals surface area contributed by atoms with Crippen molar-refractivity contribution < 1.29 is 23.5 Å². The number of piperidine rings is 2. The highest BCUT2D eigenvalue weighted by Gasteiger charge is 2.50. The van der Waals surface area contributed by atoms with Crippen molar-refractivity contribution in [2.45, 2.75) is 83.2 Å². The molecule has 0 radical (unpaired) electrons. The van der Waals surface area contributed by atoms with Gasteiger partial charge >= 0.3 is 5.97 Å². The van der Waals surface area contributed by atoms with Crippen LogP contribution in [0.25, 0.3) is 0 Å². The summed E-state index contributed by atoms with van der Waals surface area (Å²) in [4.78, 5) is 44.7. The van der Waals surface area contributed by atoms with Gasteiger partial charge < -0.3 is 19.9 Å². The van der Waals surface area contributed by atoms with E-state index in [0.29, 0.717) is 50.8 Å². The van der Waals surface area contributed by atoms with E-state index in [2.05, 4.69) is 17.3 Å². The Hall–Kier alpha value is -2.48. The number of likely N-dealkylation sites (tertiary alicyclic amines) is 2. The molecule has 5 rings (SSSR count). The van der Waals surface area contributed by atoms with E-state index in [0.717, 1.165) is 50.6 Å². The van der Waals surface area contributed by atoms with Gasteiger partial charge in [-0.05, 0) is 82.0 Å². The van der Waals surface area contributed by atoms with Crippen LogP contribution >= 0.6 is 0 Å². The fourth-order valence-electron chi connectivity index (χ4n) is 7.97. The zero-order valence-electron chi connectivity index (χ0n) is 23.5. The van der Waals surface area contributed by atoms with E-state index in [-0.39, 0.29) is 35.6 Å². The summed E-state index contributed by atoms with van der Waals surface area (Å²) in [6, 6.07) is 5.64. The number of rotatable bonds is 8. The summed E-state index contributed by atoms with van der Waals surface area (Å²) in [5.41, 5.74) is 0.275. The first kappa shape index (κ1) is 28.1. The maximum atomic E-state index is 13.9. The number of esters is 1. The minimum absolute atomic E-state index is 0.0606. The molecule has 214 valence electrons. The average Bonchev–Trinajstić information content (AvgIpc) is 3.54. The number of nitrogens with one attached hydrogen (secondary N) is 1. The number of hydrogen-bond donors (Lipinski definition) is 1. The van der Waals surface area contributed by atoms with E-state index in [4.69, 9.17) is 4.74 Å². The maximum Gasteiger partial charge on any atom is 0.312 e. The van der Waals surface area contributed by atoms with Crippen LogP contribution in [0.15, 0.2) is 24.3 Å². The van der Waals surface area contributed by atoms with E-state index >= 15 is 0 Å². The molecule has 1 N–H and O–H groups in total. The molecule has 1 aromatic rings. The molecule has 2 aliphatic heterocycles. The lowest BCUT2D eigenvalue weighted by molar-refractivity contribution is -0.166. The van der Waals surface area contributed by atoms with Gasteiger partial charge in [0.05, 0.1) is 17.9 Å². The van der Waals surface area contributed by atoms with Gasteiger partial charge in [0.15, 0.2) is 0 Å². The molecule has 4 aliphatic rings. The zero-order valence-corrected chi connectivity index (χ0v) is 23.5. The lowest BCUT2D eigenvalue weighted by atomic mass is 9.63. The monoisotopic (exact) mass is 541 g/mol. The van der Waals surface area contributed by atoms with Crippen LogP contribution in [0, 0.1) is 29.0 Å². The Balaban J connectivity index is 1.30. The molecular weight excluding hydrogens is 497 g/mol.